The van der Waals surface area contributed by atoms with Crippen LogP contribution >= 0.6 is 0 Å². The molecule has 2 aromatic rings. The smallest absolute Gasteiger partial charge is 0.234 e. The maximum absolute atomic E-state index is 12.3. The zero-order valence-corrected chi connectivity index (χ0v) is 9.75. The highest BCUT2D eigenvalue weighted by atomic mass is 16.7. The number of nitrogens with two attached hydrogens (primary N) is 4. The standard InChI is InChI=1S/C11H12N4O4/c12-6-3-5-1-2-7(17-13)11(19-15)9(5)10(16)8(4-6)18-14/h1-4H,12-15H2. The summed E-state index contributed by atoms with van der Waals surface area (Å²) in [5.41, 5.74) is 5.45. The van der Waals surface area contributed by atoms with E-state index in [0.717, 1.165) is 0 Å². The van der Waals surface area contributed by atoms with E-state index in [1.165, 1.54) is 12.1 Å². The highest BCUT2D eigenvalue weighted by Crippen LogP contribution is 2.33. The minimum Gasteiger partial charge on any atom is -0.407 e. The third kappa shape index (κ3) is 2.10. The summed E-state index contributed by atoms with van der Waals surface area (Å²) in [6.45, 7) is 0. The molecule has 0 aliphatic heterocycles. The lowest BCUT2D eigenvalue weighted by Crippen LogP contribution is -2.14. The molecule has 8 heteroatoms. The third-order valence-electron chi connectivity index (χ3n) is 2.60. The van der Waals surface area contributed by atoms with E-state index in [2.05, 4.69) is 14.5 Å². The highest BCUT2D eigenvalue weighted by molar-refractivity contribution is 5.92. The first-order chi connectivity index (χ1) is 9.12. The third-order valence-corrected chi connectivity index (χ3v) is 2.60. The Kier molecular flexibility index (Phi) is 3.38. The zero-order chi connectivity index (χ0) is 14.0. The van der Waals surface area contributed by atoms with Crippen LogP contribution in [0.4, 0.5) is 5.69 Å². The Morgan fingerprint density at radius 3 is 2.16 bits per heavy atom. The summed E-state index contributed by atoms with van der Waals surface area (Å²) in [6.07, 6.45) is 0. The van der Waals surface area contributed by atoms with Gasteiger partial charge in [-0.15, -0.1) is 0 Å². The maximum Gasteiger partial charge on any atom is 0.234 e. The summed E-state index contributed by atoms with van der Waals surface area (Å²) < 4.78 is 0. The van der Waals surface area contributed by atoms with Crippen LogP contribution in [-0.4, -0.2) is 0 Å². The van der Waals surface area contributed by atoms with Crippen molar-refractivity contribution in [2.75, 3.05) is 5.73 Å². The molecule has 0 bridgehead atoms. The molecule has 19 heavy (non-hydrogen) atoms. The van der Waals surface area contributed by atoms with Gasteiger partial charge in [-0.2, -0.15) is 17.7 Å². The molecule has 0 fully saturated rings. The normalized spacial score (nSPS) is 10.3. The second-order valence-electron chi connectivity index (χ2n) is 3.69. The van der Waals surface area contributed by atoms with Crippen LogP contribution in [0, 0.1) is 0 Å². The average molecular weight is 264 g/mol. The Bertz CT molecular complexity index is 690. The molecule has 8 nitrogen and oxygen atoms in total. The lowest BCUT2D eigenvalue weighted by molar-refractivity contribution is 0.283. The van der Waals surface area contributed by atoms with E-state index >= 15 is 0 Å². The van der Waals surface area contributed by atoms with Crippen molar-refractivity contribution in [2.45, 2.75) is 0 Å². The molecule has 100 valence electrons. The van der Waals surface area contributed by atoms with Gasteiger partial charge in [-0.3, -0.25) is 4.79 Å². The molecule has 0 aliphatic rings. The predicted molar refractivity (Wildman–Crippen MR) is 69.1 cm³/mol. The number of hydrogen-bond donors (Lipinski definition) is 4. The predicted octanol–water partition coefficient (Wildman–Crippen LogP) is -0.460. The average Bonchev–Trinajstić information content (AvgIpc) is 2.54. The second-order valence-corrected chi connectivity index (χ2v) is 3.69. The summed E-state index contributed by atoms with van der Waals surface area (Å²) in [5, 5.41) is 0.578. The fourth-order valence-electron chi connectivity index (χ4n) is 1.79. The van der Waals surface area contributed by atoms with Gasteiger partial charge in [-0.25, -0.2) is 0 Å². The number of hydrogen-bond acceptors (Lipinski definition) is 8. The summed E-state index contributed by atoms with van der Waals surface area (Å²) in [5.74, 6) is 15.2. The van der Waals surface area contributed by atoms with Crippen LogP contribution in [0.3, 0.4) is 0 Å². The molecule has 0 saturated heterocycles. The number of benzene rings is 1. The van der Waals surface area contributed by atoms with E-state index in [9.17, 15) is 4.79 Å². The van der Waals surface area contributed by atoms with Crippen molar-refractivity contribution in [2.24, 2.45) is 17.7 Å². The lowest BCUT2D eigenvalue weighted by Gasteiger charge is -2.07. The SMILES string of the molecule is NOc1ccc2cc(N)cc(ON)c(=O)c2c1ON. The van der Waals surface area contributed by atoms with Gasteiger partial charge in [0.25, 0.3) is 0 Å². The van der Waals surface area contributed by atoms with E-state index in [1.807, 2.05) is 0 Å². The van der Waals surface area contributed by atoms with Gasteiger partial charge >= 0.3 is 0 Å². The summed E-state index contributed by atoms with van der Waals surface area (Å²) >= 11 is 0. The van der Waals surface area contributed by atoms with Crippen LogP contribution in [0.5, 0.6) is 17.2 Å². The highest BCUT2D eigenvalue weighted by Gasteiger charge is 2.15. The molecule has 0 saturated carbocycles. The molecule has 0 radical (unpaired) electrons. The Morgan fingerprint density at radius 1 is 0.895 bits per heavy atom. The molecular formula is C11H12N4O4. The second kappa shape index (κ2) is 4.98. The van der Waals surface area contributed by atoms with E-state index in [-0.39, 0.29) is 28.3 Å². The molecule has 2 rings (SSSR count). The van der Waals surface area contributed by atoms with E-state index in [1.54, 1.807) is 12.1 Å². The number of nitrogen functional groups attached to an aromatic ring is 1. The minimum absolute atomic E-state index is 0.0288. The van der Waals surface area contributed by atoms with Gasteiger partial charge in [-0.05, 0) is 17.5 Å². The lowest BCUT2D eigenvalue weighted by atomic mass is 10.1. The molecule has 0 aromatic heterocycles. The summed E-state index contributed by atoms with van der Waals surface area (Å²) in [4.78, 5) is 26.0. The van der Waals surface area contributed by atoms with Gasteiger partial charge in [0.15, 0.2) is 11.5 Å². The van der Waals surface area contributed by atoms with Crippen LogP contribution in [0.2, 0.25) is 0 Å². The minimum atomic E-state index is -0.548. The number of anilines is 1. The van der Waals surface area contributed by atoms with Crippen molar-refractivity contribution < 1.29 is 14.5 Å². The fourth-order valence-corrected chi connectivity index (χ4v) is 1.79. The van der Waals surface area contributed by atoms with Gasteiger partial charge < -0.3 is 20.2 Å². The van der Waals surface area contributed by atoms with Gasteiger partial charge in [0, 0.05) is 11.8 Å². The van der Waals surface area contributed by atoms with Crippen molar-refractivity contribution in [3.8, 4) is 17.2 Å². The van der Waals surface area contributed by atoms with Crippen molar-refractivity contribution in [3.63, 3.8) is 0 Å². The van der Waals surface area contributed by atoms with E-state index in [0.29, 0.717) is 5.39 Å². The first-order valence-corrected chi connectivity index (χ1v) is 5.13. The van der Waals surface area contributed by atoms with Crippen molar-refractivity contribution in [1.29, 1.82) is 0 Å². The van der Waals surface area contributed by atoms with Crippen LogP contribution in [0.25, 0.3) is 10.8 Å². The zero-order valence-electron chi connectivity index (χ0n) is 9.75. The molecule has 0 unspecified atom stereocenters. The molecule has 2 aromatic carbocycles. The van der Waals surface area contributed by atoms with Gasteiger partial charge in [0.05, 0.1) is 5.39 Å². The Hall–Kier alpha value is -2.55. The van der Waals surface area contributed by atoms with Crippen LogP contribution in [0.1, 0.15) is 0 Å². The van der Waals surface area contributed by atoms with E-state index in [4.69, 9.17) is 23.4 Å². The monoisotopic (exact) mass is 264 g/mol. The van der Waals surface area contributed by atoms with Crippen LogP contribution < -0.4 is 43.4 Å². The van der Waals surface area contributed by atoms with Gasteiger partial charge in [0.2, 0.25) is 11.2 Å². The summed E-state index contributed by atoms with van der Waals surface area (Å²) in [7, 11) is 0. The molecule has 0 spiro atoms. The quantitative estimate of drug-likeness (QED) is 0.544. The molecule has 0 atom stereocenters. The number of fused-ring (bicyclic) bond motifs is 1. The van der Waals surface area contributed by atoms with Crippen molar-refractivity contribution in [3.05, 3.63) is 34.5 Å². The first kappa shape index (κ1) is 12.9. The summed E-state index contributed by atoms with van der Waals surface area (Å²) in [6, 6.07) is 5.91. The largest absolute Gasteiger partial charge is 0.407 e. The fraction of sp³-hybridized carbons (Fsp3) is 0. The maximum atomic E-state index is 12.3. The molecule has 0 heterocycles. The van der Waals surface area contributed by atoms with Crippen LogP contribution in [0.15, 0.2) is 29.1 Å². The first-order valence-electron chi connectivity index (χ1n) is 5.13. The molecule has 0 amide bonds. The van der Waals surface area contributed by atoms with E-state index < -0.39 is 5.43 Å². The van der Waals surface area contributed by atoms with Crippen molar-refractivity contribution >= 4 is 16.5 Å². The Morgan fingerprint density at radius 2 is 1.58 bits per heavy atom. The number of rotatable bonds is 3. The van der Waals surface area contributed by atoms with Gasteiger partial charge in [-0.1, -0.05) is 6.07 Å². The molecule has 0 aliphatic carbocycles. The molecular weight excluding hydrogens is 252 g/mol. The van der Waals surface area contributed by atoms with Crippen LogP contribution in [-0.2, 0) is 0 Å². The van der Waals surface area contributed by atoms with Gasteiger partial charge in [0.1, 0.15) is 0 Å². The molecule has 8 N–H and O–H groups in total. The topological polar surface area (TPSA) is 149 Å². The van der Waals surface area contributed by atoms with Crippen molar-refractivity contribution in [1.82, 2.24) is 0 Å². The Balaban J connectivity index is 3.04. The Labute approximate surface area is 107 Å².